The normalized spacial score (nSPS) is 11.1. The summed E-state index contributed by atoms with van der Waals surface area (Å²) >= 11 is 0. The number of hydrogen-bond acceptors (Lipinski definition) is 6. The van der Waals surface area contributed by atoms with E-state index in [4.69, 9.17) is 9.84 Å². The number of nitrogens with zero attached hydrogens (tertiary/aromatic N) is 6. The van der Waals surface area contributed by atoms with E-state index in [0.29, 0.717) is 35.9 Å². The van der Waals surface area contributed by atoms with Gasteiger partial charge in [0.1, 0.15) is 17.0 Å². The number of anilines is 1. The smallest absolute Gasteiger partial charge is 0.179 e. The van der Waals surface area contributed by atoms with Crippen LogP contribution < -0.4 is 9.64 Å². The zero-order valence-electron chi connectivity index (χ0n) is 17.4. The van der Waals surface area contributed by atoms with Crippen LogP contribution in [0.1, 0.15) is 23.9 Å². The molecule has 0 aliphatic carbocycles. The van der Waals surface area contributed by atoms with E-state index in [9.17, 15) is 4.39 Å². The second-order valence-corrected chi connectivity index (χ2v) is 7.09. The molecule has 0 fully saturated rings. The summed E-state index contributed by atoms with van der Waals surface area (Å²) in [4.78, 5) is 6.13. The lowest BCUT2D eigenvalue weighted by Crippen LogP contribution is -2.19. The van der Waals surface area contributed by atoms with Gasteiger partial charge >= 0.3 is 0 Å². The molecule has 30 heavy (non-hydrogen) atoms. The standard InChI is InChI=1S/C22H23FN6O/c1-5-30-17-8-9-19(18(23)11-17)29-15(3)20-14(2)25-26-22(21(20)27-29)28(4)13-16-7-6-10-24-12-16/h6-12H,5,13H2,1-4H3. The van der Waals surface area contributed by atoms with E-state index in [-0.39, 0.29) is 0 Å². The second kappa shape index (κ2) is 8.06. The van der Waals surface area contributed by atoms with Crippen molar-refractivity contribution in [3.63, 3.8) is 0 Å². The first kappa shape index (κ1) is 19.8. The molecule has 3 aromatic heterocycles. The van der Waals surface area contributed by atoms with E-state index in [2.05, 4.69) is 15.2 Å². The van der Waals surface area contributed by atoms with Crippen molar-refractivity contribution in [1.82, 2.24) is 25.0 Å². The first-order valence-corrected chi connectivity index (χ1v) is 9.75. The van der Waals surface area contributed by atoms with Crippen LogP contribution in [0.3, 0.4) is 0 Å². The Morgan fingerprint density at radius 3 is 2.70 bits per heavy atom. The topological polar surface area (TPSA) is 69.0 Å². The summed E-state index contributed by atoms with van der Waals surface area (Å²) < 4.78 is 21.8. The van der Waals surface area contributed by atoms with Gasteiger partial charge in [0.05, 0.1) is 23.4 Å². The molecule has 7 nitrogen and oxygen atoms in total. The van der Waals surface area contributed by atoms with E-state index >= 15 is 0 Å². The minimum absolute atomic E-state index is 0.354. The Balaban J connectivity index is 1.80. The number of aromatic nitrogens is 5. The first-order chi connectivity index (χ1) is 14.5. The summed E-state index contributed by atoms with van der Waals surface area (Å²) in [6.07, 6.45) is 3.55. The lowest BCUT2D eigenvalue weighted by molar-refractivity contribution is 0.338. The van der Waals surface area contributed by atoms with Crippen molar-refractivity contribution in [2.24, 2.45) is 0 Å². The van der Waals surface area contributed by atoms with Gasteiger partial charge in [0.25, 0.3) is 0 Å². The average Bonchev–Trinajstić information content (AvgIpc) is 3.07. The van der Waals surface area contributed by atoms with Crippen LogP contribution in [0.4, 0.5) is 10.2 Å². The van der Waals surface area contributed by atoms with Gasteiger partial charge in [0.2, 0.25) is 0 Å². The van der Waals surface area contributed by atoms with Gasteiger partial charge in [-0.25, -0.2) is 9.07 Å². The summed E-state index contributed by atoms with van der Waals surface area (Å²) in [5, 5.41) is 14.3. The molecule has 0 saturated heterocycles. The van der Waals surface area contributed by atoms with Gasteiger partial charge in [-0.2, -0.15) is 10.2 Å². The minimum Gasteiger partial charge on any atom is -0.494 e. The van der Waals surface area contributed by atoms with Crippen molar-refractivity contribution in [3.8, 4) is 11.4 Å². The highest BCUT2D eigenvalue weighted by molar-refractivity contribution is 5.92. The van der Waals surface area contributed by atoms with Crippen LogP contribution in [0.5, 0.6) is 5.75 Å². The predicted octanol–water partition coefficient (Wildman–Crippen LogP) is 4.00. The third kappa shape index (κ3) is 3.56. The van der Waals surface area contributed by atoms with Gasteiger partial charge in [0, 0.05) is 32.1 Å². The molecule has 0 radical (unpaired) electrons. The zero-order chi connectivity index (χ0) is 21.3. The van der Waals surface area contributed by atoms with Crippen molar-refractivity contribution >= 4 is 16.7 Å². The van der Waals surface area contributed by atoms with Gasteiger partial charge in [0.15, 0.2) is 11.6 Å². The van der Waals surface area contributed by atoms with Crippen LogP contribution in [0.2, 0.25) is 0 Å². The molecular weight excluding hydrogens is 383 g/mol. The number of hydrogen-bond donors (Lipinski definition) is 0. The Morgan fingerprint density at radius 2 is 2.00 bits per heavy atom. The van der Waals surface area contributed by atoms with Gasteiger partial charge in [-0.05, 0) is 44.5 Å². The SMILES string of the molecule is CCOc1ccc(-n2nc3c(N(C)Cc4cccnc4)nnc(C)c3c2C)c(F)c1. The van der Waals surface area contributed by atoms with Gasteiger partial charge in [-0.3, -0.25) is 4.98 Å². The molecule has 0 spiro atoms. The zero-order valence-corrected chi connectivity index (χ0v) is 17.4. The largest absolute Gasteiger partial charge is 0.494 e. The molecule has 154 valence electrons. The van der Waals surface area contributed by atoms with E-state index < -0.39 is 5.82 Å². The number of aryl methyl sites for hydroxylation is 2. The van der Waals surface area contributed by atoms with Gasteiger partial charge in [-0.15, -0.1) is 5.10 Å². The van der Waals surface area contributed by atoms with Crippen LogP contribution in [0.15, 0.2) is 42.7 Å². The van der Waals surface area contributed by atoms with Crippen molar-refractivity contribution in [2.45, 2.75) is 27.3 Å². The maximum absolute atomic E-state index is 14.8. The number of ether oxygens (including phenoxy) is 1. The lowest BCUT2D eigenvalue weighted by atomic mass is 10.2. The Morgan fingerprint density at radius 1 is 1.17 bits per heavy atom. The second-order valence-electron chi connectivity index (χ2n) is 7.09. The van der Waals surface area contributed by atoms with Crippen LogP contribution in [-0.4, -0.2) is 38.6 Å². The molecule has 0 amide bonds. The summed E-state index contributed by atoms with van der Waals surface area (Å²) in [5.74, 6) is 0.720. The number of benzene rings is 1. The molecule has 0 saturated carbocycles. The highest BCUT2D eigenvalue weighted by Gasteiger charge is 2.20. The fraction of sp³-hybridized carbons (Fsp3) is 0.273. The first-order valence-electron chi connectivity index (χ1n) is 9.75. The molecule has 0 N–H and O–H groups in total. The summed E-state index contributed by atoms with van der Waals surface area (Å²) in [6.45, 7) is 6.73. The van der Waals surface area contributed by atoms with Crippen molar-refractivity contribution in [1.29, 1.82) is 0 Å². The number of fused-ring (bicyclic) bond motifs is 1. The fourth-order valence-corrected chi connectivity index (χ4v) is 3.56. The Kier molecular flexibility index (Phi) is 5.31. The summed E-state index contributed by atoms with van der Waals surface area (Å²) in [5.41, 5.74) is 3.63. The maximum Gasteiger partial charge on any atom is 0.179 e. The highest BCUT2D eigenvalue weighted by atomic mass is 19.1. The lowest BCUT2D eigenvalue weighted by Gasteiger charge is -2.17. The molecule has 8 heteroatoms. The third-order valence-corrected chi connectivity index (χ3v) is 4.95. The van der Waals surface area contributed by atoms with Gasteiger partial charge < -0.3 is 9.64 Å². The number of rotatable bonds is 6. The molecule has 0 bridgehead atoms. The number of halogens is 1. The average molecular weight is 406 g/mol. The molecule has 4 rings (SSSR count). The third-order valence-electron chi connectivity index (χ3n) is 4.95. The quantitative estimate of drug-likeness (QED) is 0.482. The maximum atomic E-state index is 14.8. The predicted molar refractivity (Wildman–Crippen MR) is 114 cm³/mol. The van der Waals surface area contributed by atoms with E-state index in [1.165, 1.54) is 6.07 Å². The number of pyridine rings is 1. The summed E-state index contributed by atoms with van der Waals surface area (Å²) in [6, 6.07) is 8.69. The monoisotopic (exact) mass is 406 g/mol. The molecular formula is C22H23FN6O. The Labute approximate surface area is 174 Å². The van der Waals surface area contributed by atoms with E-state index in [0.717, 1.165) is 22.3 Å². The molecule has 0 atom stereocenters. The molecule has 1 aromatic carbocycles. The Bertz CT molecular complexity index is 1190. The van der Waals surface area contributed by atoms with Crippen LogP contribution in [-0.2, 0) is 6.54 Å². The fourth-order valence-electron chi connectivity index (χ4n) is 3.56. The van der Waals surface area contributed by atoms with Crippen LogP contribution in [0.25, 0.3) is 16.6 Å². The van der Waals surface area contributed by atoms with Crippen LogP contribution in [0, 0.1) is 19.7 Å². The Hall–Kier alpha value is -3.55. The molecule has 0 unspecified atom stereocenters. The van der Waals surface area contributed by atoms with Gasteiger partial charge in [-0.1, -0.05) is 6.07 Å². The van der Waals surface area contributed by atoms with Crippen LogP contribution >= 0.6 is 0 Å². The molecule has 4 aromatic rings. The summed E-state index contributed by atoms with van der Waals surface area (Å²) in [7, 11) is 1.93. The van der Waals surface area contributed by atoms with Crippen molar-refractivity contribution in [3.05, 3.63) is 65.5 Å². The molecule has 0 aliphatic rings. The van der Waals surface area contributed by atoms with Crippen molar-refractivity contribution in [2.75, 3.05) is 18.6 Å². The minimum atomic E-state index is -0.402. The van der Waals surface area contributed by atoms with E-state index in [1.54, 1.807) is 23.0 Å². The molecule has 0 aliphatic heterocycles. The molecule has 3 heterocycles. The van der Waals surface area contributed by atoms with E-state index in [1.807, 2.05) is 51.0 Å². The van der Waals surface area contributed by atoms with Crippen molar-refractivity contribution < 1.29 is 9.13 Å². The highest BCUT2D eigenvalue weighted by Crippen LogP contribution is 2.30.